The first-order valence-corrected chi connectivity index (χ1v) is 8.75. The van der Waals surface area contributed by atoms with Crippen LogP contribution in [0.1, 0.15) is 6.92 Å². The number of carbonyl (C=O) groups is 1. The van der Waals surface area contributed by atoms with Crippen LogP contribution in [-0.4, -0.2) is 38.0 Å². The molecule has 0 bridgehead atoms. The van der Waals surface area contributed by atoms with Crippen molar-refractivity contribution in [2.45, 2.75) is 17.3 Å². The van der Waals surface area contributed by atoms with Crippen LogP contribution in [0, 0.1) is 0 Å². The van der Waals surface area contributed by atoms with Crippen LogP contribution < -0.4 is 4.90 Å². The van der Waals surface area contributed by atoms with Crippen LogP contribution in [0.5, 0.6) is 0 Å². The number of rotatable bonds is 5. The number of hydrogen-bond acceptors (Lipinski definition) is 5. The second-order valence-electron chi connectivity index (χ2n) is 5.59. The second-order valence-corrected chi connectivity index (χ2v) is 6.90. The molecule has 0 aliphatic heterocycles. The van der Waals surface area contributed by atoms with E-state index in [1.165, 1.54) is 11.8 Å². The Hall–Kier alpha value is -2.67. The fraction of sp³-hybridized carbons (Fsp3) is 0.222. The molecule has 0 aliphatic rings. The van der Waals surface area contributed by atoms with E-state index in [1.807, 2.05) is 61.0 Å². The Bertz CT molecular complexity index is 850. The van der Waals surface area contributed by atoms with Crippen LogP contribution in [0.2, 0.25) is 0 Å². The van der Waals surface area contributed by atoms with Gasteiger partial charge in [-0.3, -0.25) is 9.78 Å². The van der Waals surface area contributed by atoms with E-state index in [0.29, 0.717) is 5.16 Å². The number of pyridine rings is 1. The van der Waals surface area contributed by atoms with Gasteiger partial charge in [-0.05, 0) is 31.2 Å². The van der Waals surface area contributed by atoms with Crippen molar-refractivity contribution >= 4 is 23.4 Å². The lowest BCUT2D eigenvalue weighted by atomic mass is 10.2. The molecular weight excluding hydrogens is 334 g/mol. The summed E-state index contributed by atoms with van der Waals surface area (Å²) in [6.07, 6.45) is 3.44. The molecule has 0 fully saturated rings. The molecule has 1 atom stereocenters. The maximum atomic E-state index is 12.7. The SMILES string of the molecule is C[C@@H](Sc1nnc(-c2ccncc2)n1C)C(=O)N(C)c1ccccc1. The van der Waals surface area contributed by atoms with Crippen LogP contribution in [0.3, 0.4) is 0 Å². The zero-order valence-corrected chi connectivity index (χ0v) is 15.1. The molecular formula is C18H19N5OS. The summed E-state index contributed by atoms with van der Waals surface area (Å²) in [5.74, 6) is 0.769. The standard InChI is InChI=1S/C18H19N5OS/c1-13(17(24)22(2)15-7-5-4-6-8-15)25-18-21-20-16(23(18)3)14-9-11-19-12-10-14/h4-13H,1-3H3/t13-/m1/s1. The number of nitrogens with zero attached hydrogens (tertiary/aromatic N) is 5. The van der Waals surface area contributed by atoms with Gasteiger partial charge < -0.3 is 9.47 Å². The highest BCUT2D eigenvalue weighted by Crippen LogP contribution is 2.27. The van der Waals surface area contributed by atoms with E-state index in [9.17, 15) is 4.79 Å². The minimum absolute atomic E-state index is 0.0182. The van der Waals surface area contributed by atoms with Gasteiger partial charge in [0.2, 0.25) is 5.91 Å². The molecule has 0 radical (unpaired) electrons. The average molecular weight is 353 g/mol. The van der Waals surface area contributed by atoms with Crippen LogP contribution >= 0.6 is 11.8 Å². The van der Waals surface area contributed by atoms with Crippen molar-refractivity contribution in [2.24, 2.45) is 7.05 Å². The van der Waals surface area contributed by atoms with Gasteiger partial charge in [-0.2, -0.15) is 0 Å². The van der Waals surface area contributed by atoms with Gasteiger partial charge in [-0.25, -0.2) is 0 Å². The molecule has 3 aromatic rings. The smallest absolute Gasteiger partial charge is 0.240 e. The summed E-state index contributed by atoms with van der Waals surface area (Å²) < 4.78 is 1.90. The number of carbonyl (C=O) groups excluding carboxylic acids is 1. The van der Waals surface area contributed by atoms with Crippen molar-refractivity contribution < 1.29 is 4.79 Å². The van der Waals surface area contributed by atoms with Gasteiger partial charge >= 0.3 is 0 Å². The van der Waals surface area contributed by atoms with Crippen molar-refractivity contribution in [1.29, 1.82) is 0 Å². The maximum Gasteiger partial charge on any atom is 0.240 e. The fourth-order valence-electron chi connectivity index (χ4n) is 2.43. The number of aromatic nitrogens is 4. The van der Waals surface area contributed by atoms with Gasteiger partial charge in [0.15, 0.2) is 11.0 Å². The van der Waals surface area contributed by atoms with Crippen molar-refractivity contribution in [3.8, 4) is 11.4 Å². The first-order valence-electron chi connectivity index (χ1n) is 7.87. The first-order chi connectivity index (χ1) is 12.1. The maximum absolute atomic E-state index is 12.7. The van der Waals surface area contributed by atoms with E-state index < -0.39 is 0 Å². The molecule has 0 aliphatic carbocycles. The third-order valence-corrected chi connectivity index (χ3v) is 5.00. The number of hydrogen-bond donors (Lipinski definition) is 0. The zero-order valence-electron chi connectivity index (χ0n) is 14.3. The molecule has 1 aromatic carbocycles. The monoisotopic (exact) mass is 353 g/mol. The van der Waals surface area contributed by atoms with Crippen LogP contribution in [0.15, 0.2) is 60.0 Å². The number of amides is 1. The van der Waals surface area contributed by atoms with Gasteiger partial charge in [-0.1, -0.05) is 30.0 Å². The normalized spacial score (nSPS) is 12.0. The molecule has 0 unspecified atom stereocenters. The molecule has 0 saturated carbocycles. The summed E-state index contributed by atoms with van der Waals surface area (Å²) in [4.78, 5) is 18.4. The van der Waals surface area contributed by atoms with E-state index in [1.54, 1.807) is 24.3 Å². The Morgan fingerprint density at radius 3 is 2.48 bits per heavy atom. The topological polar surface area (TPSA) is 63.9 Å². The Balaban J connectivity index is 1.74. The van der Waals surface area contributed by atoms with Crippen molar-refractivity contribution in [1.82, 2.24) is 19.7 Å². The molecule has 7 heteroatoms. The van der Waals surface area contributed by atoms with Gasteiger partial charge in [0.25, 0.3) is 0 Å². The fourth-order valence-corrected chi connectivity index (χ4v) is 3.34. The molecule has 25 heavy (non-hydrogen) atoms. The molecule has 128 valence electrons. The van der Waals surface area contributed by atoms with Crippen LogP contribution in [0.4, 0.5) is 5.69 Å². The highest BCUT2D eigenvalue weighted by molar-refractivity contribution is 8.00. The molecule has 2 aromatic heterocycles. The van der Waals surface area contributed by atoms with Gasteiger partial charge in [0.05, 0.1) is 5.25 Å². The first kappa shape index (κ1) is 17.2. The predicted molar refractivity (Wildman–Crippen MR) is 99.4 cm³/mol. The lowest BCUT2D eigenvalue weighted by Crippen LogP contribution is -2.33. The van der Waals surface area contributed by atoms with Crippen LogP contribution in [-0.2, 0) is 11.8 Å². The minimum atomic E-state index is -0.279. The van der Waals surface area contributed by atoms with E-state index in [4.69, 9.17) is 0 Å². The van der Waals surface area contributed by atoms with Crippen LogP contribution in [0.25, 0.3) is 11.4 Å². The molecule has 0 saturated heterocycles. The number of para-hydroxylation sites is 1. The molecule has 0 spiro atoms. The van der Waals surface area contributed by atoms with E-state index in [-0.39, 0.29) is 11.2 Å². The van der Waals surface area contributed by atoms with Gasteiger partial charge in [0, 0.05) is 37.7 Å². The highest BCUT2D eigenvalue weighted by atomic mass is 32.2. The third-order valence-electron chi connectivity index (χ3n) is 3.88. The summed E-state index contributed by atoms with van der Waals surface area (Å²) in [7, 11) is 3.68. The van der Waals surface area contributed by atoms with Crippen molar-refractivity contribution in [3.05, 3.63) is 54.9 Å². The number of benzene rings is 1. The third kappa shape index (κ3) is 3.71. The van der Waals surface area contributed by atoms with Crippen molar-refractivity contribution in [3.63, 3.8) is 0 Å². The Labute approximate surface area is 150 Å². The molecule has 1 amide bonds. The zero-order chi connectivity index (χ0) is 17.8. The average Bonchev–Trinajstić information content (AvgIpc) is 3.02. The summed E-state index contributed by atoms with van der Waals surface area (Å²) in [5, 5.41) is 8.90. The number of thioether (sulfide) groups is 1. The van der Waals surface area contributed by atoms with Gasteiger partial charge in [0.1, 0.15) is 0 Å². The molecule has 0 N–H and O–H groups in total. The second kappa shape index (κ2) is 7.48. The Morgan fingerprint density at radius 1 is 1.12 bits per heavy atom. The number of anilines is 1. The highest BCUT2D eigenvalue weighted by Gasteiger charge is 2.22. The lowest BCUT2D eigenvalue weighted by molar-refractivity contribution is -0.117. The lowest BCUT2D eigenvalue weighted by Gasteiger charge is -2.20. The predicted octanol–water partition coefficient (Wildman–Crippen LogP) is 3.02. The Morgan fingerprint density at radius 2 is 1.80 bits per heavy atom. The molecule has 6 nitrogen and oxygen atoms in total. The summed E-state index contributed by atoms with van der Waals surface area (Å²) in [6, 6.07) is 13.4. The van der Waals surface area contributed by atoms with E-state index in [0.717, 1.165) is 17.1 Å². The van der Waals surface area contributed by atoms with Crippen molar-refractivity contribution in [2.75, 3.05) is 11.9 Å². The molecule has 3 rings (SSSR count). The summed E-state index contributed by atoms with van der Waals surface area (Å²) in [6.45, 7) is 1.88. The van der Waals surface area contributed by atoms with E-state index >= 15 is 0 Å². The summed E-state index contributed by atoms with van der Waals surface area (Å²) >= 11 is 1.40. The summed E-state index contributed by atoms with van der Waals surface area (Å²) in [5.41, 5.74) is 1.81. The Kier molecular flexibility index (Phi) is 5.14. The quantitative estimate of drug-likeness (QED) is 0.660. The van der Waals surface area contributed by atoms with E-state index in [2.05, 4.69) is 15.2 Å². The largest absolute Gasteiger partial charge is 0.315 e. The van der Waals surface area contributed by atoms with Gasteiger partial charge in [-0.15, -0.1) is 10.2 Å². The molecule has 2 heterocycles. The minimum Gasteiger partial charge on any atom is -0.315 e.